The van der Waals surface area contributed by atoms with Gasteiger partial charge in [0.2, 0.25) is 5.91 Å². The fourth-order valence-electron chi connectivity index (χ4n) is 2.46. The smallest absolute Gasteiger partial charge is 0.224 e. The Hall–Kier alpha value is -1.35. The lowest BCUT2D eigenvalue weighted by Gasteiger charge is -2.50. The first kappa shape index (κ1) is 13.1. The van der Waals surface area contributed by atoms with Crippen LogP contribution < -0.4 is 11.1 Å². The van der Waals surface area contributed by atoms with E-state index in [1.807, 2.05) is 25.1 Å². The van der Waals surface area contributed by atoms with Crippen molar-refractivity contribution in [3.8, 4) is 0 Å². The van der Waals surface area contributed by atoms with E-state index in [1.165, 1.54) is 5.56 Å². The van der Waals surface area contributed by atoms with Gasteiger partial charge < -0.3 is 11.1 Å². The molecule has 0 heterocycles. The summed E-state index contributed by atoms with van der Waals surface area (Å²) in [6.45, 7) is 6.26. The molecule has 0 saturated heterocycles. The number of aryl methyl sites for hydroxylation is 1. The molecular weight excluding hydrogens is 224 g/mol. The highest BCUT2D eigenvalue weighted by Crippen LogP contribution is 2.38. The average molecular weight is 246 g/mol. The maximum absolute atomic E-state index is 12.0. The Bertz CT molecular complexity index is 454. The van der Waals surface area contributed by atoms with Crippen LogP contribution in [-0.4, -0.2) is 18.0 Å². The minimum absolute atomic E-state index is 0.0161. The number of carbonyl (C=O) groups is 1. The number of benzene rings is 1. The molecule has 1 fully saturated rings. The van der Waals surface area contributed by atoms with Gasteiger partial charge in [0, 0.05) is 17.5 Å². The van der Waals surface area contributed by atoms with Crippen molar-refractivity contribution in [1.29, 1.82) is 0 Å². The normalized spacial score (nSPS) is 25.3. The zero-order valence-corrected chi connectivity index (χ0v) is 11.4. The van der Waals surface area contributed by atoms with Gasteiger partial charge in [-0.25, -0.2) is 0 Å². The molecule has 18 heavy (non-hydrogen) atoms. The molecule has 1 saturated carbocycles. The Kier molecular flexibility index (Phi) is 3.44. The van der Waals surface area contributed by atoms with Crippen molar-refractivity contribution in [3.63, 3.8) is 0 Å². The van der Waals surface area contributed by atoms with E-state index >= 15 is 0 Å². The number of hydrogen-bond donors (Lipinski definition) is 2. The minimum Gasteiger partial charge on any atom is -0.352 e. The molecule has 0 radical (unpaired) electrons. The van der Waals surface area contributed by atoms with E-state index in [4.69, 9.17) is 5.73 Å². The van der Waals surface area contributed by atoms with Gasteiger partial charge in [-0.2, -0.15) is 0 Å². The van der Waals surface area contributed by atoms with Gasteiger partial charge in [-0.3, -0.25) is 4.79 Å². The average Bonchev–Trinajstić information content (AvgIpc) is 2.28. The van der Waals surface area contributed by atoms with E-state index in [9.17, 15) is 4.79 Å². The van der Waals surface area contributed by atoms with Crippen molar-refractivity contribution in [3.05, 3.63) is 35.4 Å². The monoisotopic (exact) mass is 246 g/mol. The molecule has 1 aromatic rings. The second-order valence-corrected chi connectivity index (χ2v) is 5.95. The summed E-state index contributed by atoms with van der Waals surface area (Å²) >= 11 is 0. The van der Waals surface area contributed by atoms with Crippen molar-refractivity contribution >= 4 is 5.91 Å². The molecule has 1 amide bonds. The quantitative estimate of drug-likeness (QED) is 0.854. The molecule has 2 unspecified atom stereocenters. The van der Waals surface area contributed by atoms with Crippen molar-refractivity contribution in [2.45, 2.75) is 45.7 Å². The van der Waals surface area contributed by atoms with Gasteiger partial charge in [-0.15, -0.1) is 0 Å². The molecule has 1 aliphatic carbocycles. The maximum Gasteiger partial charge on any atom is 0.224 e. The molecule has 2 atom stereocenters. The summed E-state index contributed by atoms with van der Waals surface area (Å²) in [6.07, 6.45) is 1.33. The predicted molar refractivity (Wildman–Crippen MR) is 73.2 cm³/mol. The van der Waals surface area contributed by atoms with E-state index in [0.29, 0.717) is 6.42 Å². The molecule has 98 valence electrons. The van der Waals surface area contributed by atoms with Crippen LogP contribution in [0.15, 0.2) is 24.3 Å². The van der Waals surface area contributed by atoms with Crippen LogP contribution in [0.4, 0.5) is 0 Å². The maximum atomic E-state index is 12.0. The summed E-state index contributed by atoms with van der Waals surface area (Å²) < 4.78 is 0. The van der Waals surface area contributed by atoms with Gasteiger partial charge in [0.25, 0.3) is 0 Å². The molecular formula is C15H22N2O. The fourth-order valence-corrected chi connectivity index (χ4v) is 2.46. The molecule has 0 spiro atoms. The SMILES string of the molecule is Cc1cccc(CC(=O)NC2CC(N)C2(C)C)c1. The minimum atomic E-state index is 0.0161. The lowest BCUT2D eigenvalue weighted by molar-refractivity contribution is -0.123. The fraction of sp³-hybridized carbons (Fsp3) is 0.533. The van der Waals surface area contributed by atoms with Crippen LogP contribution in [-0.2, 0) is 11.2 Å². The van der Waals surface area contributed by atoms with Gasteiger partial charge in [-0.05, 0) is 18.9 Å². The van der Waals surface area contributed by atoms with Gasteiger partial charge >= 0.3 is 0 Å². The molecule has 0 bridgehead atoms. The second kappa shape index (κ2) is 4.73. The lowest BCUT2D eigenvalue weighted by Crippen LogP contribution is -2.64. The number of carbonyl (C=O) groups excluding carboxylic acids is 1. The zero-order chi connectivity index (χ0) is 13.3. The van der Waals surface area contributed by atoms with Crippen LogP contribution in [0.25, 0.3) is 0 Å². The summed E-state index contributed by atoms with van der Waals surface area (Å²) in [5.41, 5.74) is 8.21. The summed E-state index contributed by atoms with van der Waals surface area (Å²) in [5.74, 6) is 0.0885. The van der Waals surface area contributed by atoms with Crippen LogP contribution in [0.5, 0.6) is 0 Å². The van der Waals surface area contributed by atoms with Crippen molar-refractivity contribution in [1.82, 2.24) is 5.32 Å². The molecule has 0 aromatic heterocycles. The van der Waals surface area contributed by atoms with Crippen molar-refractivity contribution in [2.24, 2.45) is 11.1 Å². The lowest BCUT2D eigenvalue weighted by atomic mass is 9.63. The van der Waals surface area contributed by atoms with Crippen LogP contribution in [0.3, 0.4) is 0 Å². The Morgan fingerprint density at radius 3 is 2.78 bits per heavy atom. The molecule has 0 aliphatic heterocycles. The van der Waals surface area contributed by atoms with Crippen LogP contribution in [0.1, 0.15) is 31.4 Å². The first-order chi connectivity index (χ1) is 8.39. The Balaban J connectivity index is 1.90. The molecule has 1 aromatic carbocycles. The summed E-state index contributed by atoms with van der Waals surface area (Å²) in [6, 6.07) is 8.48. The Morgan fingerprint density at radius 1 is 1.50 bits per heavy atom. The number of hydrogen-bond acceptors (Lipinski definition) is 2. The summed E-state index contributed by atoms with van der Waals surface area (Å²) in [7, 11) is 0. The third-order valence-electron chi connectivity index (χ3n) is 4.13. The van der Waals surface area contributed by atoms with Gasteiger partial charge in [0.1, 0.15) is 0 Å². The predicted octanol–water partition coefficient (Wildman–Crippen LogP) is 1.78. The van der Waals surface area contributed by atoms with E-state index < -0.39 is 0 Å². The molecule has 3 heteroatoms. The highest BCUT2D eigenvalue weighted by molar-refractivity contribution is 5.79. The van der Waals surface area contributed by atoms with Gasteiger partial charge in [0.05, 0.1) is 6.42 Å². The van der Waals surface area contributed by atoms with E-state index in [-0.39, 0.29) is 23.4 Å². The Labute approximate surface area is 109 Å². The molecule has 3 nitrogen and oxygen atoms in total. The summed E-state index contributed by atoms with van der Waals surface area (Å²) in [5, 5.41) is 3.09. The Morgan fingerprint density at radius 2 is 2.22 bits per heavy atom. The molecule has 1 aliphatic rings. The third-order valence-corrected chi connectivity index (χ3v) is 4.13. The van der Waals surface area contributed by atoms with Crippen LogP contribution >= 0.6 is 0 Å². The van der Waals surface area contributed by atoms with Crippen molar-refractivity contribution < 1.29 is 4.79 Å². The zero-order valence-electron chi connectivity index (χ0n) is 11.4. The van der Waals surface area contributed by atoms with Gasteiger partial charge in [-0.1, -0.05) is 43.7 Å². The second-order valence-electron chi connectivity index (χ2n) is 5.95. The van der Waals surface area contributed by atoms with Crippen LogP contribution in [0, 0.1) is 12.3 Å². The van der Waals surface area contributed by atoms with Gasteiger partial charge in [0.15, 0.2) is 0 Å². The van der Waals surface area contributed by atoms with E-state index in [1.54, 1.807) is 0 Å². The first-order valence-corrected chi connectivity index (χ1v) is 6.50. The number of rotatable bonds is 3. The summed E-state index contributed by atoms with van der Waals surface area (Å²) in [4.78, 5) is 12.0. The standard InChI is InChI=1S/C15H22N2O/c1-10-5-4-6-11(7-10)8-14(18)17-13-9-12(16)15(13,2)3/h4-7,12-13H,8-9,16H2,1-3H3,(H,17,18). The number of amides is 1. The third kappa shape index (κ3) is 2.56. The van der Waals surface area contributed by atoms with E-state index in [0.717, 1.165) is 12.0 Å². The topological polar surface area (TPSA) is 55.1 Å². The molecule has 2 rings (SSSR count). The number of nitrogens with two attached hydrogens (primary N) is 1. The highest BCUT2D eigenvalue weighted by atomic mass is 16.1. The van der Waals surface area contributed by atoms with E-state index in [2.05, 4.69) is 25.2 Å². The van der Waals surface area contributed by atoms with Crippen molar-refractivity contribution in [2.75, 3.05) is 0 Å². The number of nitrogens with one attached hydrogen (secondary N) is 1. The van der Waals surface area contributed by atoms with Crippen LogP contribution in [0.2, 0.25) is 0 Å². The first-order valence-electron chi connectivity index (χ1n) is 6.50. The largest absolute Gasteiger partial charge is 0.352 e. The highest BCUT2D eigenvalue weighted by Gasteiger charge is 2.46. The molecule has 3 N–H and O–H groups in total.